The van der Waals surface area contributed by atoms with Crippen molar-refractivity contribution in [2.24, 2.45) is 0 Å². The van der Waals surface area contributed by atoms with E-state index in [-0.39, 0.29) is 28.5 Å². The van der Waals surface area contributed by atoms with E-state index >= 15 is 0 Å². The molecule has 1 saturated carbocycles. The minimum Gasteiger partial charge on any atom is -0.508 e. The van der Waals surface area contributed by atoms with Crippen LogP contribution in [0.5, 0.6) is 5.75 Å². The van der Waals surface area contributed by atoms with Gasteiger partial charge in [-0.25, -0.2) is 0 Å². The Labute approximate surface area is 156 Å². The minimum absolute atomic E-state index is 0.0844. The average molecular weight is 373 g/mol. The molecule has 26 heavy (non-hydrogen) atoms. The molecule has 1 atom stereocenters. The number of phenols is 1. The molecule has 0 radical (unpaired) electrons. The van der Waals surface area contributed by atoms with Gasteiger partial charge < -0.3 is 10.4 Å². The van der Waals surface area contributed by atoms with Crippen LogP contribution < -0.4 is 10.9 Å². The van der Waals surface area contributed by atoms with E-state index in [4.69, 9.17) is 0 Å². The summed E-state index contributed by atoms with van der Waals surface area (Å²) in [6.07, 6.45) is 6.77. The van der Waals surface area contributed by atoms with Gasteiger partial charge in [-0.05, 0) is 30.5 Å². The third-order valence-electron chi connectivity index (χ3n) is 5.25. The minimum atomic E-state index is -0.236. The molecule has 1 aromatic heterocycles. The first-order valence-electron chi connectivity index (χ1n) is 9.18. The van der Waals surface area contributed by atoms with Crippen LogP contribution in [0.2, 0.25) is 0 Å². The highest BCUT2D eigenvalue weighted by Crippen LogP contribution is 2.41. The predicted octanol–water partition coefficient (Wildman–Crippen LogP) is 3.55. The Kier molecular flexibility index (Phi) is 4.80. The fourth-order valence-corrected chi connectivity index (χ4v) is 5.07. The van der Waals surface area contributed by atoms with Gasteiger partial charge in [0.2, 0.25) is 5.91 Å². The number of hydrogen-bond acceptors (Lipinski definition) is 4. The number of H-pyrrole nitrogens is 1. The number of nitrogens with one attached hydrogen (secondary N) is 2. The number of phenolic OH excluding ortho intramolecular Hbond substituents is 1. The molecule has 0 unspecified atom stereocenters. The first-order chi connectivity index (χ1) is 12.6. The molecule has 1 aliphatic carbocycles. The van der Waals surface area contributed by atoms with E-state index in [2.05, 4.69) is 10.4 Å². The van der Waals surface area contributed by atoms with Crippen molar-refractivity contribution in [1.82, 2.24) is 9.78 Å². The van der Waals surface area contributed by atoms with Crippen molar-refractivity contribution in [3.05, 3.63) is 45.7 Å². The van der Waals surface area contributed by atoms with Crippen molar-refractivity contribution < 1.29 is 9.90 Å². The number of benzene rings is 1. The van der Waals surface area contributed by atoms with Crippen LogP contribution in [0.4, 0.5) is 5.82 Å². The number of aromatic hydroxyl groups is 1. The van der Waals surface area contributed by atoms with Crippen LogP contribution >= 0.6 is 11.8 Å². The number of aromatic nitrogens is 2. The van der Waals surface area contributed by atoms with Crippen molar-refractivity contribution in [3.63, 3.8) is 0 Å². The van der Waals surface area contributed by atoms with Crippen molar-refractivity contribution in [1.29, 1.82) is 0 Å². The SMILES string of the molecule is O=C1CS[C@@H](c2ccc(O)cc2)c2c(n(C3CCCCCC3)[nH]c2=O)N1. The summed E-state index contributed by atoms with van der Waals surface area (Å²) >= 11 is 1.45. The smallest absolute Gasteiger partial charge is 0.270 e. The molecule has 0 bridgehead atoms. The number of carbonyl (C=O) groups is 1. The zero-order valence-electron chi connectivity index (χ0n) is 14.5. The molecule has 2 aromatic rings. The van der Waals surface area contributed by atoms with Crippen molar-refractivity contribution in [2.45, 2.75) is 49.8 Å². The largest absolute Gasteiger partial charge is 0.508 e. The van der Waals surface area contributed by atoms with Crippen molar-refractivity contribution in [2.75, 3.05) is 11.1 Å². The Balaban J connectivity index is 1.79. The zero-order valence-corrected chi connectivity index (χ0v) is 15.3. The fraction of sp³-hybridized carbons (Fsp3) is 0.474. The molecule has 2 aliphatic rings. The van der Waals surface area contributed by atoms with Gasteiger partial charge in [0.25, 0.3) is 5.56 Å². The molecule has 0 saturated heterocycles. The van der Waals surface area contributed by atoms with Crippen molar-refractivity contribution in [3.8, 4) is 5.75 Å². The lowest BCUT2D eigenvalue weighted by molar-refractivity contribution is -0.113. The molecule has 1 aliphatic heterocycles. The number of rotatable bonds is 2. The second-order valence-corrected chi connectivity index (χ2v) is 8.14. The summed E-state index contributed by atoms with van der Waals surface area (Å²) in [6.45, 7) is 0. The zero-order chi connectivity index (χ0) is 18.1. The standard InChI is InChI=1S/C19H23N3O3S/c23-14-9-7-12(8-10-14)17-16-18(20-15(24)11-26-17)22(21-19(16)25)13-5-3-1-2-4-6-13/h7-10,13,17,23H,1-6,11H2,(H,20,24)(H,21,25)/t17-/m0/s1. The van der Waals surface area contributed by atoms with Gasteiger partial charge in [-0.2, -0.15) is 0 Å². The average Bonchev–Trinajstić information content (AvgIpc) is 2.83. The van der Waals surface area contributed by atoms with Gasteiger partial charge in [0.1, 0.15) is 11.6 Å². The van der Waals surface area contributed by atoms with E-state index in [0.717, 1.165) is 31.2 Å². The van der Waals surface area contributed by atoms with E-state index in [1.54, 1.807) is 12.1 Å². The monoisotopic (exact) mass is 373 g/mol. The summed E-state index contributed by atoms with van der Waals surface area (Å²) in [7, 11) is 0. The summed E-state index contributed by atoms with van der Waals surface area (Å²) in [5.74, 6) is 1.02. The van der Waals surface area contributed by atoms with Crippen LogP contribution in [0.25, 0.3) is 0 Å². The highest BCUT2D eigenvalue weighted by Gasteiger charge is 2.32. The highest BCUT2D eigenvalue weighted by atomic mass is 32.2. The number of thioether (sulfide) groups is 1. The van der Waals surface area contributed by atoms with Crippen LogP contribution in [0.1, 0.15) is 60.9 Å². The Bertz CT molecular complexity index is 848. The number of carbonyl (C=O) groups excluding carboxylic acids is 1. The number of fused-ring (bicyclic) bond motifs is 1. The van der Waals surface area contributed by atoms with Crippen LogP contribution in [0.15, 0.2) is 29.1 Å². The quantitative estimate of drug-likeness (QED) is 0.703. The Morgan fingerprint density at radius 1 is 1.04 bits per heavy atom. The van der Waals surface area contributed by atoms with Crippen LogP contribution in [0, 0.1) is 0 Å². The normalized spacial score (nSPS) is 21.5. The van der Waals surface area contributed by atoms with Gasteiger partial charge in [0.15, 0.2) is 0 Å². The third-order valence-corrected chi connectivity index (χ3v) is 6.52. The molecule has 3 N–H and O–H groups in total. The van der Waals surface area contributed by atoms with Crippen LogP contribution in [-0.2, 0) is 4.79 Å². The fourth-order valence-electron chi connectivity index (χ4n) is 3.95. The number of hydrogen-bond donors (Lipinski definition) is 3. The number of anilines is 1. The van der Waals surface area contributed by atoms with Crippen LogP contribution in [-0.4, -0.2) is 26.5 Å². The predicted molar refractivity (Wildman–Crippen MR) is 103 cm³/mol. The van der Waals surface area contributed by atoms with Crippen molar-refractivity contribution >= 4 is 23.5 Å². The first kappa shape index (κ1) is 17.3. The molecule has 1 aromatic carbocycles. The number of nitrogens with zero attached hydrogens (tertiary/aromatic N) is 1. The van der Waals surface area contributed by atoms with E-state index in [0.29, 0.717) is 17.1 Å². The van der Waals surface area contributed by atoms with E-state index in [1.807, 2.05) is 16.8 Å². The second kappa shape index (κ2) is 7.23. The van der Waals surface area contributed by atoms with E-state index in [1.165, 1.54) is 24.6 Å². The molecule has 1 fully saturated rings. The maximum absolute atomic E-state index is 12.8. The number of aromatic amines is 1. The lowest BCUT2D eigenvalue weighted by atomic mass is 10.1. The summed E-state index contributed by atoms with van der Waals surface area (Å²) < 4.78 is 1.90. The molecule has 138 valence electrons. The van der Waals surface area contributed by atoms with Gasteiger partial charge in [0.05, 0.1) is 22.6 Å². The Hall–Kier alpha value is -2.15. The maximum Gasteiger partial charge on any atom is 0.270 e. The maximum atomic E-state index is 12.8. The van der Waals surface area contributed by atoms with Gasteiger partial charge >= 0.3 is 0 Å². The molecule has 0 spiro atoms. The lowest BCUT2D eigenvalue weighted by Gasteiger charge is -2.19. The summed E-state index contributed by atoms with van der Waals surface area (Å²) in [4.78, 5) is 25.1. The van der Waals surface area contributed by atoms with E-state index < -0.39 is 0 Å². The molecule has 1 amide bonds. The molecule has 4 rings (SSSR count). The summed E-state index contributed by atoms with van der Waals surface area (Å²) in [5, 5.41) is 15.3. The van der Waals surface area contributed by atoms with Crippen LogP contribution in [0.3, 0.4) is 0 Å². The third kappa shape index (κ3) is 3.28. The summed E-state index contributed by atoms with van der Waals surface area (Å²) in [5.41, 5.74) is 1.38. The molecule has 7 heteroatoms. The molecule has 2 heterocycles. The number of amides is 1. The van der Waals surface area contributed by atoms with Gasteiger partial charge in [-0.1, -0.05) is 37.8 Å². The van der Waals surface area contributed by atoms with E-state index in [9.17, 15) is 14.7 Å². The van der Waals surface area contributed by atoms with Gasteiger partial charge in [0, 0.05) is 0 Å². The topological polar surface area (TPSA) is 87.1 Å². The first-order valence-corrected chi connectivity index (χ1v) is 10.2. The molecule has 6 nitrogen and oxygen atoms in total. The van der Waals surface area contributed by atoms with Gasteiger partial charge in [-0.15, -0.1) is 11.8 Å². The molecular weight excluding hydrogens is 350 g/mol. The Morgan fingerprint density at radius 3 is 2.42 bits per heavy atom. The Morgan fingerprint density at radius 2 is 1.73 bits per heavy atom. The summed E-state index contributed by atoms with van der Waals surface area (Å²) in [6, 6.07) is 7.08. The second-order valence-electron chi connectivity index (χ2n) is 7.05. The lowest BCUT2D eigenvalue weighted by Crippen LogP contribution is -2.19. The molecular formula is C19H23N3O3S. The highest BCUT2D eigenvalue weighted by molar-refractivity contribution is 8.00. The van der Waals surface area contributed by atoms with Gasteiger partial charge in [-0.3, -0.25) is 19.4 Å².